The molecule has 0 saturated heterocycles. The molecule has 2 rings (SSSR count). The fraction of sp³-hybridized carbons (Fsp3) is 0.167. The molecule has 1 aliphatic heterocycles. The molecule has 0 spiro atoms. The Labute approximate surface area is 88.5 Å². The lowest BCUT2D eigenvalue weighted by Crippen LogP contribution is -1.88. The first-order valence-electron chi connectivity index (χ1n) is 4.82. The number of pyridine rings is 1. The number of nitrogens with zero attached hydrogens (tertiary/aromatic N) is 2. The van der Waals surface area contributed by atoms with Crippen molar-refractivity contribution >= 4 is 11.9 Å². The van der Waals surface area contributed by atoms with Crippen LogP contribution < -0.4 is 0 Å². The Morgan fingerprint density at radius 3 is 3.07 bits per heavy atom. The van der Waals surface area contributed by atoms with Gasteiger partial charge in [0.1, 0.15) is 5.76 Å². The van der Waals surface area contributed by atoms with Crippen LogP contribution in [0.1, 0.15) is 17.7 Å². The summed E-state index contributed by atoms with van der Waals surface area (Å²) in [5.41, 5.74) is 2.61. The fourth-order valence-electron chi connectivity index (χ4n) is 1.38. The second-order valence-corrected chi connectivity index (χ2v) is 3.42. The van der Waals surface area contributed by atoms with Gasteiger partial charge in [0.05, 0.1) is 11.4 Å². The minimum Gasteiger partial charge on any atom is -0.508 e. The molecule has 0 radical (unpaired) electrons. The number of hydrogen-bond acceptors (Lipinski definition) is 3. The molecule has 0 bridgehead atoms. The standard InChI is InChI=1S/C12H12N2O/c1-9-4-6-14-11(7-9)12-8-10(15)3-2-5-13-12/h3-8,15H,2H2,1H3. The van der Waals surface area contributed by atoms with E-state index in [0.717, 1.165) is 11.3 Å². The average Bonchev–Trinajstić information content (AvgIpc) is 2.43. The van der Waals surface area contributed by atoms with Gasteiger partial charge in [0, 0.05) is 24.9 Å². The van der Waals surface area contributed by atoms with Crippen molar-refractivity contribution in [2.75, 3.05) is 0 Å². The van der Waals surface area contributed by atoms with Crippen molar-refractivity contribution in [1.29, 1.82) is 0 Å². The molecular weight excluding hydrogens is 188 g/mol. The molecule has 0 atom stereocenters. The van der Waals surface area contributed by atoms with Gasteiger partial charge in [-0.05, 0) is 30.7 Å². The van der Waals surface area contributed by atoms with Crippen molar-refractivity contribution in [3.05, 3.63) is 47.5 Å². The number of aryl methyl sites for hydroxylation is 1. The van der Waals surface area contributed by atoms with Crippen molar-refractivity contribution in [1.82, 2.24) is 4.98 Å². The molecule has 2 heterocycles. The van der Waals surface area contributed by atoms with Gasteiger partial charge in [-0.3, -0.25) is 9.98 Å². The number of aliphatic hydroxyl groups is 1. The Hall–Kier alpha value is -1.90. The Morgan fingerprint density at radius 1 is 1.40 bits per heavy atom. The molecular formula is C12H12N2O. The van der Waals surface area contributed by atoms with E-state index < -0.39 is 0 Å². The maximum atomic E-state index is 9.47. The van der Waals surface area contributed by atoms with Crippen LogP contribution in [-0.4, -0.2) is 16.3 Å². The van der Waals surface area contributed by atoms with Gasteiger partial charge in [-0.25, -0.2) is 0 Å². The van der Waals surface area contributed by atoms with Crippen molar-refractivity contribution in [2.45, 2.75) is 13.3 Å². The predicted octanol–water partition coefficient (Wildman–Crippen LogP) is 2.65. The third-order valence-electron chi connectivity index (χ3n) is 2.13. The summed E-state index contributed by atoms with van der Waals surface area (Å²) in [6.07, 6.45) is 7.50. The van der Waals surface area contributed by atoms with Crippen LogP contribution in [0.15, 0.2) is 41.2 Å². The highest BCUT2D eigenvalue weighted by molar-refractivity contribution is 5.76. The summed E-state index contributed by atoms with van der Waals surface area (Å²) >= 11 is 0. The first kappa shape index (κ1) is 9.65. The Morgan fingerprint density at radius 2 is 2.27 bits per heavy atom. The van der Waals surface area contributed by atoms with Crippen LogP contribution in [0.3, 0.4) is 0 Å². The molecule has 15 heavy (non-hydrogen) atoms. The molecule has 1 aromatic rings. The first-order valence-corrected chi connectivity index (χ1v) is 4.82. The topological polar surface area (TPSA) is 45.5 Å². The SMILES string of the molecule is Cc1ccnc(C2=CC(O)=CCC=N2)c1. The third kappa shape index (κ3) is 2.31. The van der Waals surface area contributed by atoms with Crippen LogP contribution in [0.2, 0.25) is 0 Å². The lowest BCUT2D eigenvalue weighted by molar-refractivity contribution is 0.431. The monoisotopic (exact) mass is 200 g/mol. The van der Waals surface area contributed by atoms with E-state index in [1.54, 1.807) is 24.6 Å². The largest absolute Gasteiger partial charge is 0.508 e. The van der Waals surface area contributed by atoms with Gasteiger partial charge in [-0.15, -0.1) is 0 Å². The normalized spacial score (nSPS) is 15.5. The van der Waals surface area contributed by atoms with Crippen molar-refractivity contribution in [3.63, 3.8) is 0 Å². The van der Waals surface area contributed by atoms with Crippen molar-refractivity contribution in [2.24, 2.45) is 4.99 Å². The molecule has 0 unspecified atom stereocenters. The smallest absolute Gasteiger partial charge is 0.114 e. The van der Waals surface area contributed by atoms with E-state index in [0.29, 0.717) is 12.1 Å². The van der Waals surface area contributed by atoms with Gasteiger partial charge >= 0.3 is 0 Å². The molecule has 1 aromatic heterocycles. The van der Waals surface area contributed by atoms with Gasteiger partial charge in [-0.2, -0.15) is 0 Å². The summed E-state index contributed by atoms with van der Waals surface area (Å²) in [4.78, 5) is 8.47. The molecule has 76 valence electrons. The predicted molar refractivity (Wildman–Crippen MR) is 60.8 cm³/mol. The van der Waals surface area contributed by atoms with E-state index in [1.165, 1.54) is 0 Å². The van der Waals surface area contributed by atoms with Crippen LogP contribution in [0.4, 0.5) is 0 Å². The van der Waals surface area contributed by atoms with E-state index in [9.17, 15) is 5.11 Å². The highest BCUT2D eigenvalue weighted by atomic mass is 16.3. The number of rotatable bonds is 1. The number of allylic oxidation sites excluding steroid dienone is 2. The quantitative estimate of drug-likeness (QED) is 0.757. The lowest BCUT2D eigenvalue weighted by atomic mass is 10.2. The molecule has 0 aromatic carbocycles. The van der Waals surface area contributed by atoms with Gasteiger partial charge in [-0.1, -0.05) is 0 Å². The van der Waals surface area contributed by atoms with Crippen LogP contribution >= 0.6 is 0 Å². The lowest BCUT2D eigenvalue weighted by Gasteiger charge is -2.01. The van der Waals surface area contributed by atoms with Crippen molar-refractivity contribution in [3.8, 4) is 0 Å². The van der Waals surface area contributed by atoms with E-state index in [4.69, 9.17) is 0 Å². The summed E-state index contributed by atoms with van der Waals surface area (Å²) in [6.45, 7) is 2.00. The summed E-state index contributed by atoms with van der Waals surface area (Å²) in [7, 11) is 0. The summed E-state index contributed by atoms with van der Waals surface area (Å²) in [6, 6.07) is 3.88. The second-order valence-electron chi connectivity index (χ2n) is 3.42. The summed E-state index contributed by atoms with van der Waals surface area (Å²) < 4.78 is 0. The van der Waals surface area contributed by atoms with Crippen LogP contribution in [0.25, 0.3) is 5.70 Å². The second kappa shape index (κ2) is 4.09. The molecule has 0 fully saturated rings. The highest BCUT2D eigenvalue weighted by Gasteiger charge is 2.04. The van der Waals surface area contributed by atoms with Gasteiger partial charge < -0.3 is 5.11 Å². The molecule has 3 heteroatoms. The van der Waals surface area contributed by atoms with Gasteiger partial charge in [0.15, 0.2) is 0 Å². The minimum absolute atomic E-state index is 0.241. The number of hydrogen-bond donors (Lipinski definition) is 1. The molecule has 0 amide bonds. The van der Waals surface area contributed by atoms with E-state index in [-0.39, 0.29) is 5.76 Å². The summed E-state index contributed by atoms with van der Waals surface area (Å²) in [5, 5.41) is 9.47. The number of aliphatic imine (C=N–C) groups is 1. The summed E-state index contributed by atoms with van der Waals surface area (Å²) in [5.74, 6) is 0.241. The molecule has 1 N–H and O–H groups in total. The van der Waals surface area contributed by atoms with E-state index >= 15 is 0 Å². The maximum absolute atomic E-state index is 9.47. The Bertz CT molecular complexity index is 458. The van der Waals surface area contributed by atoms with Crippen LogP contribution in [-0.2, 0) is 0 Å². The van der Waals surface area contributed by atoms with Crippen LogP contribution in [0.5, 0.6) is 0 Å². The van der Waals surface area contributed by atoms with Crippen molar-refractivity contribution < 1.29 is 5.11 Å². The van der Waals surface area contributed by atoms with E-state index in [2.05, 4.69) is 9.98 Å². The van der Waals surface area contributed by atoms with Gasteiger partial charge in [0.2, 0.25) is 0 Å². The zero-order valence-corrected chi connectivity index (χ0v) is 8.51. The van der Waals surface area contributed by atoms with Crippen LogP contribution in [0, 0.1) is 6.92 Å². The Kier molecular flexibility index (Phi) is 2.63. The maximum Gasteiger partial charge on any atom is 0.114 e. The fourth-order valence-corrected chi connectivity index (χ4v) is 1.38. The zero-order valence-electron chi connectivity index (χ0n) is 8.51. The zero-order chi connectivity index (χ0) is 10.7. The highest BCUT2D eigenvalue weighted by Crippen LogP contribution is 2.17. The molecule has 3 nitrogen and oxygen atoms in total. The molecule has 0 saturated carbocycles. The first-order chi connectivity index (χ1) is 7.25. The number of aliphatic hydroxyl groups excluding tert-OH is 1. The van der Waals surface area contributed by atoms with Gasteiger partial charge in [0.25, 0.3) is 0 Å². The third-order valence-corrected chi connectivity index (χ3v) is 2.13. The minimum atomic E-state index is 0.241. The Balaban J connectivity index is 2.42. The number of aromatic nitrogens is 1. The average molecular weight is 200 g/mol. The molecule has 1 aliphatic rings. The van der Waals surface area contributed by atoms with E-state index in [1.807, 2.05) is 19.1 Å². The molecule has 0 aliphatic carbocycles.